The van der Waals surface area contributed by atoms with Crippen LogP contribution in [0.2, 0.25) is 0 Å². The van der Waals surface area contributed by atoms with E-state index in [2.05, 4.69) is 6.92 Å². The zero-order valence-corrected chi connectivity index (χ0v) is 17.9. The van der Waals surface area contributed by atoms with Gasteiger partial charge in [-0.2, -0.15) is 8.42 Å². The van der Waals surface area contributed by atoms with Gasteiger partial charge in [-0.05, 0) is 85.0 Å². The number of fused-ring (bicyclic) bond motifs is 5. The second-order valence-corrected chi connectivity index (χ2v) is 10.2. The molecule has 4 rings (SSSR count). The van der Waals surface area contributed by atoms with Gasteiger partial charge in [0.1, 0.15) is 0 Å². The Kier molecular flexibility index (Phi) is 5.06. The molecular formula is C21H29NO6S. The molecule has 7 nitrogen and oxygen atoms in total. The first-order valence-corrected chi connectivity index (χ1v) is 11.7. The molecule has 8 heteroatoms. The first-order chi connectivity index (χ1) is 13.6. The molecule has 0 aromatic heterocycles. The molecule has 160 valence electrons. The monoisotopic (exact) mass is 423 g/mol. The minimum atomic E-state index is -4.25. The third-order valence-corrected chi connectivity index (χ3v) is 8.36. The predicted molar refractivity (Wildman–Crippen MR) is 107 cm³/mol. The Morgan fingerprint density at radius 2 is 1.97 bits per heavy atom. The molecule has 0 radical (unpaired) electrons. The highest BCUT2D eigenvalue weighted by Gasteiger charge is 2.54. The van der Waals surface area contributed by atoms with Crippen molar-refractivity contribution in [3.05, 3.63) is 23.3 Å². The molecular weight excluding hydrogens is 394 g/mol. The Bertz CT molecular complexity index is 929. The van der Waals surface area contributed by atoms with E-state index in [4.69, 9.17) is 8.92 Å². The van der Waals surface area contributed by atoms with E-state index in [1.807, 2.05) is 10.8 Å². The van der Waals surface area contributed by atoms with Crippen LogP contribution in [0, 0.1) is 17.3 Å². The van der Waals surface area contributed by atoms with Crippen molar-refractivity contribution >= 4 is 16.2 Å². The van der Waals surface area contributed by atoms with E-state index >= 15 is 0 Å². The summed E-state index contributed by atoms with van der Waals surface area (Å²) in [7, 11) is -2.77. The minimum Gasteiger partial charge on any atom is -0.493 e. The molecule has 0 saturated heterocycles. The predicted octanol–water partition coefficient (Wildman–Crippen LogP) is 2.67. The highest BCUT2D eigenvalue weighted by Crippen LogP contribution is 2.61. The fourth-order valence-electron chi connectivity index (χ4n) is 6.09. The Balaban J connectivity index is 1.66. The van der Waals surface area contributed by atoms with E-state index in [-0.39, 0.29) is 17.3 Å². The van der Waals surface area contributed by atoms with E-state index < -0.39 is 16.2 Å². The minimum absolute atomic E-state index is 0.0121. The van der Waals surface area contributed by atoms with Crippen LogP contribution in [0.1, 0.15) is 63.0 Å². The van der Waals surface area contributed by atoms with E-state index in [0.717, 1.165) is 51.0 Å². The van der Waals surface area contributed by atoms with Gasteiger partial charge < -0.3 is 14.0 Å². The van der Waals surface area contributed by atoms with Gasteiger partial charge in [-0.1, -0.05) is 6.92 Å². The van der Waals surface area contributed by atoms with Crippen LogP contribution in [0.4, 0.5) is 0 Å². The van der Waals surface area contributed by atoms with E-state index in [1.165, 1.54) is 12.7 Å². The number of carbonyl (C=O) groups excluding carboxylic acids is 1. The van der Waals surface area contributed by atoms with Crippen LogP contribution in [-0.4, -0.2) is 32.6 Å². The standard InChI is InChI=1S/C21H29NO6S/c1-12(23)22-29(25,26)28-19-10-13-4-5-15-14(16(13)11-18(19)27-3)8-9-21(2)17(15)6-7-20(21)24/h10-11,14-15,17,20,24H,4-9H2,1-3H3,(H,22,23)/t14-,15+,17-,20-,21-/m0/s1. The average Bonchev–Trinajstić information content (AvgIpc) is 2.94. The van der Waals surface area contributed by atoms with Crippen LogP contribution >= 0.6 is 0 Å². The Labute approximate surface area is 172 Å². The molecule has 0 heterocycles. The summed E-state index contributed by atoms with van der Waals surface area (Å²) in [5.41, 5.74) is 2.28. The highest BCUT2D eigenvalue weighted by molar-refractivity contribution is 7.85. The lowest BCUT2D eigenvalue weighted by molar-refractivity contribution is -0.117. The summed E-state index contributed by atoms with van der Waals surface area (Å²) in [6, 6.07) is 3.64. The number of methoxy groups -OCH3 is 1. The molecule has 0 spiro atoms. The third-order valence-electron chi connectivity index (χ3n) is 7.43. The summed E-state index contributed by atoms with van der Waals surface area (Å²) in [6.07, 6.45) is 5.61. The SMILES string of the molecule is COc1cc2c(cc1OS(=O)(=O)NC(C)=O)CC[C@@H]1[C@@H]2CC[C@]2(C)[C@@H](O)CC[C@@H]12. The van der Waals surface area contributed by atoms with Gasteiger partial charge in [-0.25, -0.2) is 4.72 Å². The van der Waals surface area contributed by atoms with Crippen molar-refractivity contribution in [2.75, 3.05) is 7.11 Å². The van der Waals surface area contributed by atoms with Gasteiger partial charge in [0.05, 0.1) is 13.2 Å². The summed E-state index contributed by atoms with van der Waals surface area (Å²) in [5.74, 6) is 1.16. The molecule has 29 heavy (non-hydrogen) atoms. The molecule has 0 bridgehead atoms. The van der Waals surface area contributed by atoms with Gasteiger partial charge in [0.2, 0.25) is 5.91 Å². The summed E-state index contributed by atoms with van der Waals surface area (Å²) in [6.45, 7) is 3.35. The van der Waals surface area contributed by atoms with Gasteiger partial charge in [0, 0.05) is 6.92 Å². The molecule has 2 fully saturated rings. The number of carbonyl (C=O) groups is 1. The molecule has 1 amide bonds. The maximum absolute atomic E-state index is 12.0. The summed E-state index contributed by atoms with van der Waals surface area (Å²) < 4.78 is 36.4. The molecule has 1 aromatic carbocycles. The van der Waals surface area contributed by atoms with Gasteiger partial charge in [0.15, 0.2) is 11.5 Å². The van der Waals surface area contributed by atoms with Crippen molar-refractivity contribution in [3.63, 3.8) is 0 Å². The maximum Gasteiger partial charge on any atom is 0.409 e. The number of amides is 1. The second-order valence-electron chi connectivity index (χ2n) is 8.95. The fourth-order valence-corrected chi connectivity index (χ4v) is 6.85. The van der Waals surface area contributed by atoms with Gasteiger partial charge in [-0.15, -0.1) is 0 Å². The van der Waals surface area contributed by atoms with E-state index in [1.54, 1.807) is 6.07 Å². The number of aliphatic hydroxyl groups is 1. The van der Waals surface area contributed by atoms with Crippen LogP contribution in [0.15, 0.2) is 12.1 Å². The first-order valence-electron chi connectivity index (χ1n) is 10.3. The van der Waals surface area contributed by atoms with E-state index in [0.29, 0.717) is 23.5 Å². The molecule has 2 N–H and O–H groups in total. The Morgan fingerprint density at radius 3 is 2.66 bits per heavy atom. The largest absolute Gasteiger partial charge is 0.493 e. The van der Waals surface area contributed by atoms with Crippen LogP contribution in [0.25, 0.3) is 0 Å². The topological polar surface area (TPSA) is 102 Å². The van der Waals surface area contributed by atoms with Crippen molar-refractivity contribution < 1.29 is 27.2 Å². The van der Waals surface area contributed by atoms with Crippen molar-refractivity contribution in [2.45, 2.75) is 64.4 Å². The molecule has 1 aromatic rings. The van der Waals surface area contributed by atoms with Gasteiger partial charge in [-0.3, -0.25) is 4.79 Å². The molecule has 2 saturated carbocycles. The number of hydrogen-bond acceptors (Lipinski definition) is 6. The lowest BCUT2D eigenvalue weighted by atomic mass is 9.55. The molecule has 3 aliphatic rings. The van der Waals surface area contributed by atoms with Gasteiger partial charge in [0.25, 0.3) is 0 Å². The normalized spacial score (nSPS) is 33.2. The summed E-state index contributed by atoms with van der Waals surface area (Å²) >= 11 is 0. The third kappa shape index (κ3) is 3.50. The van der Waals surface area contributed by atoms with Crippen LogP contribution in [0.3, 0.4) is 0 Å². The summed E-state index contributed by atoms with van der Waals surface area (Å²) in [5, 5.41) is 10.5. The zero-order chi connectivity index (χ0) is 21.0. The number of benzene rings is 1. The van der Waals surface area contributed by atoms with Crippen molar-refractivity contribution in [3.8, 4) is 11.5 Å². The summed E-state index contributed by atoms with van der Waals surface area (Å²) in [4.78, 5) is 11.1. The molecule has 5 atom stereocenters. The number of nitrogens with one attached hydrogen (secondary N) is 1. The molecule has 0 unspecified atom stereocenters. The van der Waals surface area contributed by atoms with Crippen molar-refractivity contribution in [1.29, 1.82) is 0 Å². The van der Waals surface area contributed by atoms with Gasteiger partial charge >= 0.3 is 10.3 Å². The second kappa shape index (κ2) is 7.16. The highest BCUT2D eigenvalue weighted by atomic mass is 32.2. The fraction of sp³-hybridized carbons (Fsp3) is 0.667. The van der Waals surface area contributed by atoms with Crippen LogP contribution < -0.4 is 13.6 Å². The van der Waals surface area contributed by atoms with Crippen LogP contribution in [0.5, 0.6) is 11.5 Å². The Hall–Kier alpha value is -1.80. The van der Waals surface area contributed by atoms with Crippen molar-refractivity contribution in [2.24, 2.45) is 17.3 Å². The lowest BCUT2D eigenvalue weighted by Crippen LogP contribution is -2.43. The smallest absolute Gasteiger partial charge is 0.409 e. The maximum atomic E-state index is 12.0. The first kappa shape index (κ1) is 20.5. The average molecular weight is 424 g/mol. The Morgan fingerprint density at radius 1 is 1.21 bits per heavy atom. The number of rotatable bonds is 4. The number of hydrogen-bond donors (Lipinski definition) is 2. The van der Waals surface area contributed by atoms with Crippen molar-refractivity contribution in [1.82, 2.24) is 4.72 Å². The lowest BCUT2D eigenvalue weighted by Gasteiger charge is -2.50. The number of aliphatic hydroxyl groups excluding tert-OH is 1. The van der Waals surface area contributed by atoms with E-state index in [9.17, 15) is 18.3 Å². The zero-order valence-electron chi connectivity index (χ0n) is 17.1. The van der Waals surface area contributed by atoms with Crippen LogP contribution in [-0.2, 0) is 21.5 Å². The molecule has 3 aliphatic carbocycles. The number of aryl methyl sites for hydroxylation is 1. The number of ether oxygens (including phenoxy) is 1. The molecule has 0 aliphatic heterocycles. The quantitative estimate of drug-likeness (QED) is 0.772.